The second-order valence-corrected chi connectivity index (χ2v) is 5.29. The molecular weight excluding hydrogens is 282 g/mol. The Hall–Kier alpha value is -1.72. The molecule has 1 aromatic carbocycles. The van der Waals surface area contributed by atoms with Crippen LogP contribution in [0, 0.1) is 0 Å². The van der Waals surface area contributed by atoms with E-state index in [2.05, 4.69) is 16.8 Å². The minimum atomic E-state index is -0.549. The van der Waals surface area contributed by atoms with Gasteiger partial charge < -0.3 is 16.8 Å². The number of anilines is 2. The summed E-state index contributed by atoms with van der Waals surface area (Å²) in [5.41, 5.74) is 13.5. The smallest absolute Gasteiger partial charge is 0.250 e. The molecule has 0 aliphatic carbocycles. The first-order chi connectivity index (χ1) is 9.08. The number of benzene rings is 1. The number of carbonyl (C=O) groups is 1. The van der Waals surface area contributed by atoms with E-state index in [0.717, 1.165) is 6.42 Å². The van der Waals surface area contributed by atoms with Crippen LogP contribution >= 0.6 is 22.9 Å². The molecule has 0 aliphatic rings. The van der Waals surface area contributed by atoms with Gasteiger partial charge >= 0.3 is 0 Å². The maximum atomic E-state index is 11.4. The summed E-state index contributed by atoms with van der Waals surface area (Å²) in [6.45, 7) is 0.667. The van der Waals surface area contributed by atoms with Gasteiger partial charge in [0, 0.05) is 12.2 Å². The molecule has 100 valence electrons. The number of nitrogens with two attached hydrogens (primary N) is 2. The highest BCUT2D eigenvalue weighted by atomic mass is 35.5. The zero-order chi connectivity index (χ0) is 13.8. The lowest BCUT2D eigenvalue weighted by Gasteiger charge is -2.12. The molecule has 0 atom stereocenters. The van der Waals surface area contributed by atoms with Crippen molar-refractivity contribution in [2.24, 2.45) is 5.73 Å². The fourth-order valence-electron chi connectivity index (χ4n) is 1.77. The van der Waals surface area contributed by atoms with Crippen molar-refractivity contribution in [1.82, 2.24) is 0 Å². The molecule has 1 heterocycles. The number of nitrogens with one attached hydrogen (secondary N) is 1. The fraction of sp³-hybridized carbons (Fsp3) is 0.154. The van der Waals surface area contributed by atoms with E-state index in [-0.39, 0.29) is 0 Å². The molecule has 0 saturated heterocycles. The van der Waals surface area contributed by atoms with Crippen LogP contribution < -0.4 is 16.8 Å². The van der Waals surface area contributed by atoms with Gasteiger partial charge in [-0.05, 0) is 40.9 Å². The second-order valence-electron chi connectivity index (χ2n) is 4.10. The highest BCUT2D eigenvalue weighted by Crippen LogP contribution is 2.29. The summed E-state index contributed by atoms with van der Waals surface area (Å²) in [6, 6.07) is 5.19. The fourth-order valence-corrected chi connectivity index (χ4v) is 2.77. The summed E-state index contributed by atoms with van der Waals surface area (Å²) in [5.74, 6) is -0.549. The number of carbonyl (C=O) groups excluding carboxylic acids is 1. The van der Waals surface area contributed by atoms with Crippen LogP contribution in [0.1, 0.15) is 15.9 Å². The lowest BCUT2D eigenvalue weighted by atomic mass is 10.1. The first-order valence-electron chi connectivity index (χ1n) is 5.71. The number of hydrogen-bond donors (Lipinski definition) is 3. The Kier molecular flexibility index (Phi) is 4.29. The molecular formula is C13H14ClN3OS. The van der Waals surface area contributed by atoms with E-state index < -0.39 is 5.91 Å². The largest absolute Gasteiger partial charge is 0.399 e. The van der Waals surface area contributed by atoms with E-state index in [1.165, 1.54) is 11.6 Å². The number of thiophene rings is 1. The second kappa shape index (κ2) is 5.95. The molecule has 0 saturated carbocycles. The van der Waals surface area contributed by atoms with E-state index >= 15 is 0 Å². The third kappa shape index (κ3) is 3.39. The Morgan fingerprint density at radius 1 is 1.42 bits per heavy atom. The lowest BCUT2D eigenvalue weighted by molar-refractivity contribution is 0.100. The number of amides is 1. The van der Waals surface area contributed by atoms with Gasteiger partial charge in [0.05, 0.1) is 16.3 Å². The van der Waals surface area contributed by atoms with Crippen molar-refractivity contribution < 1.29 is 4.79 Å². The number of primary amides is 1. The molecule has 5 N–H and O–H groups in total. The molecule has 4 nitrogen and oxygen atoms in total. The molecule has 1 aromatic heterocycles. The van der Waals surface area contributed by atoms with Crippen LogP contribution in [0.2, 0.25) is 5.02 Å². The maximum Gasteiger partial charge on any atom is 0.250 e. The van der Waals surface area contributed by atoms with Gasteiger partial charge in [0.15, 0.2) is 0 Å². The molecule has 0 fully saturated rings. The normalized spacial score (nSPS) is 10.4. The minimum absolute atomic E-state index is 0.315. The van der Waals surface area contributed by atoms with Crippen LogP contribution in [0.15, 0.2) is 29.0 Å². The van der Waals surface area contributed by atoms with Gasteiger partial charge in [-0.15, -0.1) is 0 Å². The summed E-state index contributed by atoms with van der Waals surface area (Å²) in [6.07, 6.45) is 0.850. The van der Waals surface area contributed by atoms with E-state index in [9.17, 15) is 4.79 Å². The lowest BCUT2D eigenvalue weighted by Crippen LogP contribution is -2.16. The number of rotatable bonds is 5. The average Bonchev–Trinajstić information content (AvgIpc) is 2.84. The van der Waals surface area contributed by atoms with E-state index in [0.29, 0.717) is 28.5 Å². The highest BCUT2D eigenvalue weighted by Gasteiger charge is 2.12. The Bertz CT molecular complexity index is 584. The number of hydrogen-bond acceptors (Lipinski definition) is 4. The van der Waals surface area contributed by atoms with E-state index in [1.807, 2.05) is 5.38 Å². The topological polar surface area (TPSA) is 81.1 Å². The van der Waals surface area contributed by atoms with Gasteiger partial charge in [-0.25, -0.2) is 0 Å². The summed E-state index contributed by atoms with van der Waals surface area (Å²) >= 11 is 7.75. The van der Waals surface area contributed by atoms with Gasteiger partial charge in [0.2, 0.25) is 0 Å². The molecule has 0 unspecified atom stereocenters. The Balaban J connectivity index is 2.12. The van der Waals surface area contributed by atoms with Crippen molar-refractivity contribution in [3.8, 4) is 0 Å². The standard InChI is InChI=1S/C13H14ClN3OS/c14-11-6-9(15)5-10(13(16)18)12(11)17-3-1-8-2-4-19-7-8/h2,4-7,17H,1,3,15H2,(H2,16,18). The first-order valence-corrected chi connectivity index (χ1v) is 7.04. The van der Waals surface area contributed by atoms with E-state index in [1.54, 1.807) is 17.4 Å². The molecule has 19 heavy (non-hydrogen) atoms. The Labute approximate surface area is 120 Å². The Morgan fingerprint density at radius 2 is 2.21 bits per heavy atom. The van der Waals surface area contributed by atoms with Crippen LogP contribution in [0.3, 0.4) is 0 Å². The molecule has 2 rings (SSSR count). The van der Waals surface area contributed by atoms with Crippen molar-refractivity contribution in [2.75, 3.05) is 17.6 Å². The van der Waals surface area contributed by atoms with E-state index in [4.69, 9.17) is 23.1 Å². The Morgan fingerprint density at radius 3 is 2.84 bits per heavy atom. The van der Waals surface area contributed by atoms with Gasteiger partial charge in [-0.2, -0.15) is 11.3 Å². The van der Waals surface area contributed by atoms with Crippen LogP contribution in [0.5, 0.6) is 0 Å². The summed E-state index contributed by atoms with van der Waals surface area (Å²) in [7, 11) is 0. The average molecular weight is 296 g/mol. The zero-order valence-corrected chi connectivity index (χ0v) is 11.7. The zero-order valence-electron chi connectivity index (χ0n) is 10.2. The van der Waals surface area contributed by atoms with Crippen molar-refractivity contribution in [3.05, 3.63) is 45.1 Å². The monoisotopic (exact) mass is 295 g/mol. The predicted octanol–water partition coefficient (Wildman–Crippen LogP) is 2.74. The van der Waals surface area contributed by atoms with Gasteiger partial charge in [-0.1, -0.05) is 11.6 Å². The summed E-state index contributed by atoms with van der Waals surface area (Å²) in [4.78, 5) is 11.4. The summed E-state index contributed by atoms with van der Waals surface area (Å²) < 4.78 is 0. The van der Waals surface area contributed by atoms with Crippen molar-refractivity contribution >= 4 is 40.2 Å². The molecule has 1 amide bonds. The molecule has 0 radical (unpaired) electrons. The van der Waals surface area contributed by atoms with Crippen LogP contribution in [0.25, 0.3) is 0 Å². The maximum absolute atomic E-state index is 11.4. The third-order valence-electron chi connectivity index (χ3n) is 2.67. The quantitative estimate of drug-likeness (QED) is 0.742. The van der Waals surface area contributed by atoms with Crippen LogP contribution in [-0.2, 0) is 6.42 Å². The summed E-state index contributed by atoms with van der Waals surface area (Å²) in [5, 5.41) is 7.66. The molecule has 0 aliphatic heterocycles. The number of halogens is 1. The highest BCUT2D eigenvalue weighted by molar-refractivity contribution is 7.07. The van der Waals surface area contributed by atoms with Crippen molar-refractivity contribution in [2.45, 2.75) is 6.42 Å². The van der Waals surface area contributed by atoms with Crippen LogP contribution in [0.4, 0.5) is 11.4 Å². The minimum Gasteiger partial charge on any atom is -0.399 e. The molecule has 2 aromatic rings. The SMILES string of the molecule is NC(=O)c1cc(N)cc(Cl)c1NCCc1ccsc1. The van der Waals surface area contributed by atoms with Gasteiger partial charge in [-0.3, -0.25) is 4.79 Å². The molecule has 0 spiro atoms. The van der Waals surface area contributed by atoms with Gasteiger partial charge in [0.25, 0.3) is 5.91 Å². The van der Waals surface area contributed by atoms with Crippen molar-refractivity contribution in [3.63, 3.8) is 0 Å². The third-order valence-corrected chi connectivity index (χ3v) is 3.70. The molecule has 6 heteroatoms. The molecule has 0 bridgehead atoms. The van der Waals surface area contributed by atoms with Crippen LogP contribution in [-0.4, -0.2) is 12.5 Å². The predicted molar refractivity (Wildman–Crippen MR) is 80.9 cm³/mol. The number of nitrogen functional groups attached to an aromatic ring is 1. The first kappa shape index (κ1) is 13.7. The van der Waals surface area contributed by atoms with Gasteiger partial charge in [0.1, 0.15) is 0 Å². The van der Waals surface area contributed by atoms with Crippen molar-refractivity contribution in [1.29, 1.82) is 0 Å².